The van der Waals surface area contributed by atoms with Gasteiger partial charge >= 0.3 is 0 Å². The second kappa shape index (κ2) is 8.67. The minimum Gasteiger partial charge on any atom is -0.489 e. The largest absolute Gasteiger partial charge is 0.489 e. The Bertz CT molecular complexity index is 676. The fourth-order valence-corrected chi connectivity index (χ4v) is 2.55. The van der Waals surface area contributed by atoms with Crippen molar-refractivity contribution in [1.82, 2.24) is 10.6 Å². The maximum atomic E-state index is 11.5. The van der Waals surface area contributed by atoms with Crippen molar-refractivity contribution >= 4 is 5.91 Å². The summed E-state index contributed by atoms with van der Waals surface area (Å²) in [6, 6.07) is 16.5. The Labute approximate surface area is 149 Å². The van der Waals surface area contributed by atoms with E-state index in [-0.39, 0.29) is 11.8 Å². The molecule has 132 valence electrons. The van der Waals surface area contributed by atoms with Crippen LogP contribution in [0.25, 0.3) is 0 Å². The van der Waals surface area contributed by atoms with Crippen LogP contribution < -0.4 is 15.4 Å². The SMILES string of the molecule is Cc1ccc(COc2ccc(CNCCNC(=O)C3CC3)cc2)cc1. The molecule has 0 saturated heterocycles. The lowest BCUT2D eigenvalue weighted by molar-refractivity contribution is -0.122. The molecule has 2 N–H and O–H groups in total. The topological polar surface area (TPSA) is 50.4 Å². The summed E-state index contributed by atoms with van der Waals surface area (Å²) in [6.07, 6.45) is 2.11. The molecule has 0 spiro atoms. The summed E-state index contributed by atoms with van der Waals surface area (Å²) in [5, 5.41) is 6.30. The molecular formula is C21H26N2O2. The van der Waals surface area contributed by atoms with E-state index in [1.54, 1.807) is 0 Å². The summed E-state index contributed by atoms with van der Waals surface area (Å²) in [5.41, 5.74) is 3.63. The Balaban J connectivity index is 1.33. The number of hydrogen-bond acceptors (Lipinski definition) is 3. The Morgan fingerprint density at radius 2 is 1.68 bits per heavy atom. The van der Waals surface area contributed by atoms with Gasteiger partial charge in [0, 0.05) is 25.6 Å². The molecular weight excluding hydrogens is 312 g/mol. The van der Waals surface area contributed by atoms with E-state index in [4.69, 9.17) is 4.74 Å². The van der Waals surface area contributed by atoms with Crippen molar-refractivity contribution < 1.29 is 9.53 Å². The lowest BCUT2D eigenvalue weighted by atomic mass is 10.2. The molecule has 0 heterocycles. The number of carbonyl (C=O) groups excluding carboxylic acids is 1. The highest BCUT2D eigenvalue weighted by atomic mass is 16.5. The first-order valence-corrected chi connectivity index (χ1v) is 8.96. The van der Waals surface area contributed by atoms with Crippen LogP contribution in [0.5, 0.6) is 5.75 Å². The number of carbonyl (C=O) groups is 1. The fourth-order valence-electron chi connectivity index (χ4n) is 2.55. The third-order valence-corrected chi connectivity index (χ3v) is 4.33. The molecule has 0 bridgehead atoms. The highest BCUT2D eigenvalue weighted by Gasteiger charge is 2.28. The van der Waals surface area contributed by atoms with Gasteiger partial charge in [-0.2, -0.15) is 0 Å². The van der Waals surface area contributed by atoms with E-state index in [1.165, 1.54) is 16.7 Å². The van der Waals surface area contributed by atoms with E-state index in [0.717, 1.165) is 31.7 Å². The second-order valence-electron chi connectivity index (χ2n) is 6.66. The molecule has 1 aliphatic carbocycles. The van der Waals surface area contributed by atoms with Crippen LogP contribution in [0.4, 0.5) is 0 Å². The second-order valence-corrected chi connectivity index (χ2v) is 6.66. The molecule has 0 aliphatic heterocycles. The number of benzene rings is 2. The van der Waals surface area contributed by atoms with Gasteiger partial charge in [-0.25, -0.2) is 0 Å². The minimum absolute atomic E-state index is 0.205. The van der Waals surface area contributed by atoms with Crippen molar-refractivity contribution in [1.29, 1.82) is 0 Å². The number of amides is 1. The van der Waals surface area contributed by atoms with Crippen molar-refractivity contribution in [3.8, 4) is 5.75 Å². The summed E-state index contributed by atoms with van der Waals surface area (Å²) in [7, 11) is 0. The van der Waals surface area contributed by atoms with Gasteiger partial charge < -0.3 is 15.4 Å². The van der Waals surface area contributed by atoms with E-state index < -0.39 is 0 Å². The summed E-state index contributed by atoms with van der Waals surface area (Å²) in [4.78, 5) is 11.5. The van der Waals surface area contributed by atoms with E-state index in [9.17, 15) is 4.79 Å². The van der Waals surface area contributed by atoms with Crippen molar-refractivity contribution in [2.75, 3.05) is 13.1 Å². The predicted molar refractivity (Wildman–Crippen MR) is 99.4 cm³/mol. The quantitative estimate of drug-likeness (QED) is 0.691. The van der Waals surface area contributed by atoms with E-state index in [2.05, 4.69) is 54.0 Å². The molecule has 4 heteroatoms. The van der Waals surface area contributed by atoms with Gasteiger partial charge in [-0.1, -0.05) is 42.0 Å². The molecule has 4 nitrogen and oxygen atoms in total. The van der Waals surface area contributed by atoms with Crippen molar-refractivity contribution in [2.45, 2.75) is 32.9 Å². The van der Waals surface area contributed by atoms with Gasteiger partial charge in [0.25, 0.3) is 0 Å². The van der Waals surface area contributed by atoms with Gasteiger partial charge in [-0.3, -0.25) is 4.79 Å². The maximum Gasteiger partial charge on any atom is 0.223 e. The molecule has 2 aromatic rings. The highest BCUT2D eigenvalue weighted by molar-refractivity contribution is 5.80. The predicted octanol–water partition coefficient (Wildman–Crippen LogP) is 3.19. The monoisotopic (exact) mass is 338 g/mol. The molecule has 0 atom stereocenters. The first kappa shape index (κ1) is 17.5. The van der Waals surface area contributed by atoms with Crippen LogP contribution >= 0.6 is 0 Å². The number of hydrogen-bond donors (Lipinski definition) is 2. The fraction of sp³-hybridized carbons (Fsp3) is 0.381. The normalized spacial score (nSPS) is 13.5. The third kappa shape index (κ3) is 5.91. The molecule has 1 fully saturated rings. The Morgan fingerprint density at radius 1 is 1.00 bits per heavy atom. The van der Waals surface area contributed by atoms with E-state index >= 15 is 0 Å². The van der Waals surface area contributed by atoms with Gasteiger partial charge in [0.05, 0.1) is 0 Å². The van der Waals surface area contributed by atoms with Crippen molar-refractivity contribution in [3.05, 3.63) is 65.2 Å². The number of ether oxygens (including phenoxy) is 1. The van der Waals surface area contributed by atoms with Gasteiger partial charge in [-0.15, -0.1) is 0 Å². The summed E-state index contributed by atoms with van der Waals surface area (Å²) >= 11 is 0. The Hall–Kier alpha value is -2.33. The lowest BCUT2D eigenvalue weighted by Gasteiger charge is -2.09. The summed E-state index contributed by atoms with van der Waals surface area (Å²) in [5.74, 6) is 1.37. The van der Waals surface area contributed by atoms with Crippen LogP contribution in [0, 0.1) is 12.8 Å². The zero-order chi connectivity index (χ0) is 17.5. The molecule has 3 rings (SSSR count). The van der Waals surface area contributed by atoms with E-state index in [1.807, 2.05) is 12.1 Å². The first-order chi connectivity index (χ1) is 12.2. The summed E-state index contributed by atoms with van der Waals surface area (Å²) in [6.45, 7) is 4.92. The van der Waals surface area contributed by atoms with Crippen molar-refractivity contribution in [3.63, 3.8) is 0 Å². The molecule has 1 aliphatic rings. The van der Waals surface area contributed by atoms with Crippen molar-refractivity contribution in [2.24, 2.45) is 5.92 Å². The van der Waals surface area contributed by atoms with Gasteiger partial charge in [0.1, 0.15) is 12.4 Å². The van der Waals surface area contributed by atoms with Crippen LogP contribution in [0.3, 0.4) is 0 Å². The molecule has 1 saturated carbocycles. The molecule has 25 heavy (non-hydrogen) atoms. The average Bonchev–Trinajstić information content (AvgIpc) is 3.47. The van der Waals surface area contributed by atoms with Crippen LogP contribution in [0.1, 0.15) is 29.5 Å². The number of nitrogens with one attached hydrogen (secondary N) is 2. The molecule has 0 aromatic heterocycles. The average molecular weight is 338 g/mol. The zero-order valence-electron chi connectivity index (χ0n) is 14.8. The van der Waals surface area contributed by atoms with Gasteiger partial charge in [0.2, 0.25) is 5.91 Å². The molecule has 1 amide bonds. The number of rotatable bonds is 9. The zero-order valence-corrected chi connectivity index (χ0v) is 14.8. The highest BCUT2D eigenvalue weighted by Crippen LogP contribution is 2.28. The maximum absolute atomic E-state index is 11.5. The van der Waals surface area contributed by atoms with Crippen LogP contribution in [0.2, 0.25) is 0 Å². The third-order valence-electron chi connectivity index (χ3n) is 4.33. The number of aryl methyl sites for hydroxylation is 1. The molecule has 0 unspecified atom stereocenters. The van der Waals surface area contributed by atoms with Gasteiger partial charge in [0.15, 0.2) is 0 Å². The smallest absolute Gasteiger partial charge is 0.223 e. The Morgan fingerprint density at radius 3 is 2.36 bits per heavy atom. The standard InChI is InChI=1S/C21H26N2O2/c1-16-2-4-18(5-3-16)15-25-20-10-6-17(7-11-20)14-22-12-13-23-21(24)19-8-9-19/h2-7,10-11,19,22H,8-9,12-15H2,1H3,(H,23,24). The Kier molecular flexibility index (Phi) is 6.07. The first-order valence-electron chi connectivity index (χ1n) is 8.96. The lowest BCUT2D eigenvalue weighted by Crippen LogP contribution is -2.32. The molecule has 0 radical (unpaired) electrons. The van der Waals surface area contributed by atoms with Gasteiger partial charge in [-0.05, 0) is 43.0 Å². The van der Waals surface area contributed by atoms with Crippen LogP contribution in [0.15, 0.2) is 48.5 Å². The van der Waals surface area contributed by atoms with E-state index in [0.29, 0.717) is 13.2 Å². The van der Waals surface area contributed by atoms with Crippen LogP contribution in [-0.4, -0.2) is 19.0 Å². The molecule has 2 aromatic carbocycles. The van der Waals surface area contributed by atoms with Crippen LogP contribution in [-0.2, 0) is 17.9 Å². The summed E-state index contributed by atoms with van der Waals surface area (Å²) < 4.78 is 5.82. The minimum atomic E-state index is 0.205.